The molecule has 10 rings (SSSR count). The Bertz CT molecular complexity index is 1760. The van der Waals surface area contributed by atoms with Crippen molar-refractivity contribution >= 4 is 51.6 Å². The zero-order chi connectivity index (χ0) is 40.7. The van der Waals surface area contributed by atoms with Crippen molar-refractivity contribution in [2.24, 2.45) is 52.1 Å². The van der Waals surface area contributed by atoms with Crippen molar-refractivity contribution in [3.8, 4) is 0 Å². The van der Waals surface area contributed by atoms with Gasteiger partial charge in [-0.2, -0.15) is 19.9 Å². The highest BCUT2D eigenvalue weighted by Gasteiger charge is 2.56. The van der Waals surface area contributed by atoms with Crippen molar-refractivity contribution in [1.29, 1.82) is 0 Å². The number of nitrogens with one attached hydrogen (secondary N) is 3. The molecule has 4 heterocycles. The minimum Gasteiger partial charge on any atom is -0.396 e. The lowest BCUT2D eigenvalue weighted by Gasteiger charge is -2.62. The third-order valence-electron chi connectivity index (χ3n) is 13.5. The van der Waals surface area contributed by atoms with Gasteiger partial charge in [0.1, 0.15) is 11.0 Å². The van der Waals surface area contributed by atoms with Gasteiger partial charge >= 0.3 is 0 Å². The van der Waals surface area contributed by atoms with E-state index in [0.29, 0.717) is 57.4 Å². The molecule has 1 unspecified atom stereocenters. The van der Waals surface area contributed by atoms with Gasteiger partial charge in [-0.05, 0) is 98.1 Å². The van der Waals surface area contributed by atoms with Crippen molar-refractivity contribution in [3.05, 3.63) is 17.8 Å². The third kappa shape index (κ3) is 10.2. The summed E-state index contributed by atoms with van der Waals surface area (Å²) in [6, 6.07) is 0.939. The molecule has 14 nitrogen and oxygen atoms in total. The molecule has 308 valence electrons. The van der Waals surface area contributed by atoms with Crippen molar-refractivity contribution < 1.29 is 5.11 Å². The lowest BCUT2D eigenvalue weighted by atomic mass is 9.45. The zero-order valence-electron chi connectivity index (χ0n) is 35.0. The largest absolute Gasteiger partial charge is 0.396 e. The number of nitrogens with two attached hydrogens (primary N) is 3. The molecule has 4 aromatic heterocycles. The van der Waals surface area contributed by atoms with Crippen LogP contribution in [0.3, 0.4) is 0 Å². The van der Waals surface area contributed by atoms with Crippen LogP contribution in [0.1, 0.15) is 108 Å². The highest BCUT2D eigenvalue weighted by atomic mass is 35.5. The molecule has 6 aliphatic rings. The minimum absolute atomic E-state index is 0.134. The van der Waals surface area contributed by atoms with Crippen molar-refractivity contribution in [2.75, 3.05) is 43.0 Å². The number of aromatic nitrogens is 8. The van der Waals surface area contributed by atoms with Crippen LogP contribution < -0.4 is 22.5 Å². The summed E-state index contributed by atoms with van der Waals surface area (Å²) in [4.78, 5) is 32.4. The predicted molar refractivity (Wildman–Crippen MR) is 226 cm³/mol. The highest BCUT2D eigenvalue weighted by molar-refractivity contribution is 6.33. The Hall–Kier alpha value is -3.33. The van der Waals surface area contributed by atoms with Crippen LogP contribution in [0, 0.1) is 46.3 Å². The monoisotopic (exact) mass is 784 g/mol. The second-order valence-electron chi connectivity index (χ2n) is 17.0. The standard InChI is InChI=1S/C15H22N6.C10H19N.C6H15N.C5H4ClN5.C4H10O/c1-7-9-4-8(15(9,2)3)5-10(7)19-13-11-12(18-6-17-11)20-14(16)21-13;1-6-8-4-7(5-9(6)11)10(8,2)3;1-4-7(5-2)6-3;6-3-2-4(9-1-8-2)11-5(7)10-3;1-2-3-4-5/h6-10H,4-5H2,1-3H3,(H4,16,17,18,19,20,21);6-9H,4-5,11H2,1-3H3;4-6H2,1-3H3;1H,(H3,7,8,9,10,11);5H,2-4H2,1H3/t7-,8+,9-,10?;6-,7+,8-,9-;;;/m00.../s1. The Morgan fingerprint density at radius 2 is 1.29 bits per heavy atom. The Morgan fingerprint density at radius 3 is 1.73 bits per heavy atom. The summed E-state index contributed by atoms with van der Waals surface area (Å²) < 4.78 is 0. The number of fused-ring (bicyclic) bond motifs is 6. The molecule has 6 saturated carbocycles. The molecule has 0 amide bonds. The van der Waals surface area contributed by atoms with E-state index in [9.17, 15) is 0 Å². The number of aromatic amines is 2. The number of nitrogens with zero attached hydrogens (tertiary/aromatic N) is 7. The maximum atomic E-state index is 8.07. The van der Waals surface area contributed by atoms with Gasteiger partial charge in [-0.1, -0.05) is 87.3 Å². The first-order valence-corrected chi connectivity index (χ1v) is 20.8. The first kappa shape index (κ1) is 44.4. The Morgan fingerprint density at radius 1 is 0.782 bits per heavy atom. The van der Waals surface area contributed by atoms with Gasteiger partial charge in [0.2, 0.25) is 11.9 Å². The molecule has 0 aromatic carbocycles. The number of nitrogen functional groups attached to an aromatic ring is 2. The second kappa shape index (κ2) is 19.2. The van der Waals surface area contributed by atoms with E-state index in [1.54, 1.807) is 6.33 Å². The van der Waals surface area contributed by atoms with Gasteiger partial charge < -0.3 is 42.5 Å². The van der Waals surface area contributed by atoms with Gasteiger partial charge in [0.25, 0.3) is 0 Å². The van der Waals surface area contributed by atoms with E-state index in [2.05, 4.69) is 119 Å². The smallest absolute Gasteiger partial charge is 0.224 e. The topological polar surface area (TPSA) is 222 Å². The van der Waals surface area contributed by atoms with E-state index in [4.69, 9.17) is 33.9 Å². The van der Waals surface area contributed by atoms with Gasteiger partial charge in [-0.25, -0.2) is 9.97 Å². The number of H-pyrrole nitrogens is 2. The molecule has 0 saturated heterocycles. The molecule has 0 aliphatic heterocycles. The molecule has 0 spiro atoms. The fourth-order valence-electron chi connectivity index (χ4n) is 9.30. The summed E-state index contributed by atoms with van der Waals surface area (Å²) >= 11 is 5.70. The number of anilines is 3. The van der Waals surface area contributed by atoms with Crippen LogP contribution in [0.4, 0.5) is 17.7 Å². The predicted octanol–water partition coefficient (Wildman–Crippen LogP) is 7.15. The normalized spacial score (nSPS) is 27.7. The van der Waals surface area contributed by atoms with Crippen molar-refractivity contribution in [1.82, 2.24) is 44.8 Å². The number of imidazole rings is 2. The maximum Gasteiger partial charge on any atom is 0.224 e. The quantitative estimate of drug-likeness (QED) is 0.0929. The van der Waals surface area contributed by atoms with Crippen molar-refractivity contribution in [3.63, 3.8) is 0 Å². The SMILES string of the molecule is CCCCO.CCN(CC)CC.C[C@@H]1C(Nc2nc(N)nc3nc[nH]c23)C[C@H]2C[C@@H]1C2(C)C.C[C@@H]1[C@@H](N)C[C@H]2C[C@@H]1C2(C)C.Nc1nc(Cl)c2[nH]cnc2n1. The van der Waals surface area contributed by atoms with Crippen LogP contribution in [-0.4, -0.2) is 88.2 Å². The van der Waals surface area contributed by atoms with E-state index in [0.717, 1.165) is 53.8 Å². The lowest BCUT2D eigenvalue weighted by molar-refractivity contribution is -0.108. The van der Waals surface area contributed by atoms with Gasteiger partial charge in [-0.3, -0.25) is 0 Å². The molecule has 15 heteroatoms. The Kier molecular flexibility index (Phi) is 15.5. The molecule has 6 fully saturated rings. The van der Waals surface area contributed by atoms with E-state index in [1.807, 2.05) is 0 Å². The summed E-state index contributed by atoms with van der Waals surface area (Å²) in [6.45, 7) is 26.8. The third-order valence-corrected chi connectivity index (χ3v) is 13.8. The maximum absolute atomic E-state index is 8.07. The number of hydrogen-bond acceptors (Lipinski definition) is 12. The first-order valence-electron chi connectivity index (χ1n) is 20.5. The molecule has 4 aromatic rings. The average molecular weight is 785 g/mol. The van der Waals surface area contributed by atoms with E-state index >= 15 is 0 Å². The second-order valence-corrected chi connectivity index (χ2v) is 17.4. The van der Waals surface area contributed by atoms with Crippen LogP contribution in [-0.2, 0) is 0 Å². The molecule has 6 aliphatic carbocycles. The Labute approximate surface area is 333 Å². The number of unbranched alkanes of at least 4 members (excludes halogenated alkanes) is 1. The van der Waals surface area contributed by atoms with Gasteiger partial charge in [0, 0.05) is 18.7 Å². The van der Waals surface area contributed by atoms with Gasteiger partial charge in [0.15, 0.2) is 22.3 Å². The molecular formula is C40H70ClN13O. The molecule has 10 N–H and O–H groups in total. The fourth-order valence-corrected chi connectivity index (χ4v) is 9.53. The number of aliphatic hydroxyl groups is 1. The number of rotatable bonds is 7. The average Bonchev–Trinajstić information content (AvgIpc) is 3.82. The summed E-state index contributed by atoms with van der Waals surface area (Å²) in [5, 5.41) is 12.0. The minimum atomic E-state index is 0.134. The number of aliphatic hydroxyl groups excluding tert-OH is 1. The molecular weight excluding hydrogens is 714 g/mol. The van der Waals surface area contributed by atoms with Crippen LogP contribution in [0.15, 0.2) is 12.7 Å². The first-order chi connectivity index (χ1) is 26.0. The Balaban J connectivity index is 0.000000169. The van der Waals surface area contributed by atoms with Crippen LogP contribution >= 0.6 is 11.6 Å². The van der Waals surface area contributed by atoms with Crippen LogP contribution in [0.25, 0.3) is 22.3 Å². The molecule has 0 radical (unpaired) electrons. The number of hydrogen-bond donors (Lipinski definition) is 7. The molecule has 55 heavy (non-hydrogen) atoms. The summed E-state index contributed by atoms with van der Waals surface area (Å²) in [5.74, 6) is 6.04. The van der Waals surface area contributed by atoms with Crippen molar-refractivity contribution in [2.45, 2.75) is 120 Å². The molecule has 4 bridgehead atoms. The molecule has 8 atom stereocenters. The van der Waals surface area contributed by atoms with Crippen LogP contribution in [0.5, 0.6) is 0 Å². The fraction of sp³-hybridized carbons (Fsp3) is 0.750. The lowest BCUT2D eigenvalue weighted by Crippen LogP contribution is -2.58. The zero-order valence-corrected chi connectivity index (χ0v) is 35.8. The summed E-state index contributed by atoms with van der Waals surface area (Å²) in [6.07, 6.45) is 10.4. The van der Waals surface area contributed by atoms with E-state index in [1.165, 1.54) is 51.6 Å². The van der Waals surface area contributed by atoms with Gasteiger partial charge in [-0.15, -0.1) is 0 Å². The van der Waals surface area contributed by atoms with E-state index < -0.39 is 0 Å². The number of halogens is 1. The summed E-state index contributed by atoms with van der Waals surface area (Å²) in [7, 11) is 0. The summed E-state index contributed by atoms with van der Waals surface area (Å²) in [5.41, 5.74) is 20.8. The van der Waals surface area contributed by atoms with E-state index in [-0.39, 0.29) is 11.9 Å². The highest BCUT2D eigenvalue weighted by Crippen LogP contribution is 2.62. The van der Waals surface area contributed by atoms with Gasteiger partial charge in [0.05, 0.1) is 12.7 Å². The van der Waals surface area contributed by atoms with Crippen LogP contribution in [0.2, 0.25) is 5.15 Å².